The van der Waals surface area contributed by atoms with Crippen molar-refractivity contribution in [3.8, 4) is 0 Å². The van der Waals surface area contributed by atoms with Crippen molar-refractivity contribution in [3.63, 3.8) is 0 Å². The van der Waals surface area contributed by atoms with Gasteiger partial charge in [-0.3, -0.25) is 0 Å². The fraction of sp³-hybridized carbons (Fsp3) is 0.632. The van der Waals surface area contributed by atoms with Gasteiger partial charge in [0.25, 0.3) is 0 Å². The predicted molar refractivity (Wildman–Crippen MR) is 100 cm³/mol. The molecule has 1 aliphatic carbocycles. The molecule has 3 rings (SSSR count). The number of aromatic nitrogens is 1. The van der Waals surface area contributed by atoms with E-state index >= 15 is 0 Å². The Bertz CT molecular complexity index is 642. The highest BCUT2D eigenvalue weighted by molar-refractivity contribution is 8.01. The highest BCUT2D eigenvalue weighted by Gasteiger charge is 2.25. The van der Waals surface area contributed by atoms with Crippen molar-refractivity contribution >= 4 is 23.1 Å². The zero-order valence-corrected chi connectivity index (χ0v) is 16.3. The molecule has 0 radical (unpaired) electrons. The minimum absolute atomic E-state index is 0.243. The van der Waals surface area contributed by atoms with Crippen molar-refractivity contribution < 1.29 is 17.9 Å². The van der Waals surface area contributed by atoms with Gasteiger partial charge in [0.05, 0.1) is 18.4 Å². The molecule has 1 aliphatic heterocycles. The molecule has 2 heterocycles. The van der Waals surface area contributed by atoms with E-state index in [0.717, 1.165) is 15.8 Å². The predicted octanol–water partition coefficient (Wildman–Crippen LogP) is 6.74. The van der Waals surface area contributed by atoms with Crippen LogP contribution in [0, 0.1) is 11.8 Å². The van der Waals surface area contributed by atoms with Crippen molar-refractivity contribution in [2.24, 2.45) is 11.8 Å². The van der Waals surface area contributed by atoms with Gasteiger partial charge in [-0.25, -0.2) is 9.37 Å². The zero-order valence-electron chi connectivity index (χ0n) is 14.6. The highest BCUT2D eigenvalue weighted by atomic mass is 32.2. The van der Waals surface area contributed by atoms with Gasteiger partial charge in [-0.1, -0.05) is 30.3 Å². The lowest BCUT2D eigenvalue weighted by Crippen LogP contribution is -2.13. The number of rotatable bonds is 3. The largest absolute Gasteiger partial charge is 0.372 e. The fourth-order valence-electron chi connectivity index (χ4n) is 3.66. The molecule has 1 fully saturated rings. The Hall–Kier alpha value is -0.790. The lowest BCUT2D eigenvalue weighted by molar-refractivity contribution is 0.0343. The second-order valence-corrected chi connectivity index (χ2v) is 9.10. The topological polar surface area (TPSA) is 22.1 Å². The summed E-state index contributed by atoms with van der Waals surface area (Å²) >= 11 is 3.42. The Morgan fingerprint density at radius 3 is 2.96 bits per heavy atom. The number of hydrogen-bond donors (Lipinski definition) is 0. The van der Waals surface area contributed by atoms with Crippen LogP contribution in [0.3, 0.4) is 0 Å². The third-order valence-corrected chi connectivity index (χ3v) is 7.21. The summed E-state index contributed by atoms with van der Waals surface area (Å²) in [6.45, 7) is 0.338. The first-order chi connectivity index (χ1) is 12.6. The summed E-state index contributed by atoms with van der Waals surface area (Å²) in [5.74, 6) is 1.05. The molecule has 2 nitrogen and oxygen atoms in total. The molecule has 7 heteroatoms. The van der Waals surface area contributed by atoms with Gasteiger partial charge in [-0.15, -0.1) is 11.3 Å². The Morgan fingerprint density at radius 1 is 1.23 bits per heavy atom. The molecule has 3 atom stereocenters. The van der Waals surface area contributed by atoms with E-state index in [1.165, 1.54) is 25.7 Å². The number of nitrogens with zero attached hydrogens (tertiary/aromatic N) is 1. The SMILES string of the molecule is FC(F)=C(F)CCC1C/C=C/C2CCC[C@@H]2CCSc2nc(cs2)CO1. The molecule has 1 aromatic heterocycles. The normalized spacial score (nSPS) is 28.2. The number of thiazole rings is 1. The summed E-state index contributed by atoms with van der Waals surface area (Å²) < 4.78 is 44.7. The van der Waals surface area contributed by atoms with E-state index in [-0.39, 0.29) is 18.9 Å². The van der Waals surface area contributed by atoms with E-state index in [4.69, 9.17) is 4.74 Å². The van der Waals surface area contributed by atoms with Gasteiger partial charge >= 0.3 is 6.08 Å². The Kier molecular flexibility index (Phi) is 7.64. The van der Waals surface area contributed by atoms with Crippen LogP contribution in [0.25, 0.3) is 0 Å². The molecular weight excluding hydrogens is 379 g/mol. The number of thioether (sulfide) groups is 1. The fourth-order valence-corrected chi connectivity index (χ4v) is 5.63. The van der Waals surface area contributed by atoms with Crippen LogP contribution in [0.15, 0.2) is 33.8 Å². The maximum atomic E-state index is 13.2. The maximum Gasteiger partial charge on any atom is 0.301 e. The molecule has 2 unspecified atom stereocenters. The van der Waals surface area contributed by atoms with E-state index in [9.17, 15) is 13.2 Å². The van der Waals surface area contributed by atoms with Gasteiger partial charge in [0.1, 0.15) is 4.34 Å². The van der Waals surface area contributed by atoms with E-state index in [1.54, 1.807) is 23.1 Å². The molecule has 0 amide bonds. The third-order valence-electron chi connectivity index (χ3n) is 5.10. The number of fused-ring (bicyclic) bond motifs is 3. The zero-order chi connectivity index (χ0) is 18.4. The third kappa shape index (κ3) is 5.86. The van der Waals surface area contributed by atoms with Crippen LogP contribution in [0.5, 0.6) is 0 Å². The van der Waals surface area contributed by atoms with Crippen LogP contribution < -0.4 is 0 Å². The van der Waals surface area contributed by atoms with E-state index in [1.807, 2.05) is 5.38 Å². The molecule has 26 heavy (non-hydrogen) atoms. The van der Waals surface area contributed by atoms with Crippen molar-refractivity contribution in [3.05, 3.63) is 35.1 Å². The minimum atomic E-state index is -2.23. The molecule has 0 saturated heterocycles. The van der Waals surface area contributed by atoms with Crippen molar-refractivity contribution in [2.75, 3.05) is 5.75 Å². The summed E-state index contributed by atoms with van der Waals surface area (Å²) in [7, 11) is 0. The number of halogens is 3. The summed E-state index contributed by atoms with van der Waals surface area (Å²) in [5, 5.41) is 1.98. The first-order valence-corrected chi connectivity index (χ1v) is 11.0. The van der Waals surface area contributed by atoms with E-state index in [0.29, 0.717) is 24.9 Å². The molecule has 2 bridgehead atoms. The van der Waals surface area contributed by atoms with E-state index in [2.05, 4.69) is 17.1 Å². The van der Waals surface area contributed by atoms with Crippen molar-refractivity contribution in [1.82, 2.24) is 4.98 Å². The summed E-state index contributed by atoms with van der Waals surface area (Å²) in [4.78, 5) is 4.58. The molecule has 0 aromatic carbocycles. The summed E-state index contributed by atoms with van der Waals surface area (Å²) in [5.41, 5.74) is 0.856. The molecule has 1 aromatic rings. The maximum absolute atomic E-state index is 13.2. The van der Waals surface area contributed by atoms with Crippen molar-refractivity contribution in [1.29, 1.82) is 0 Å². The van der Waals surface area contributed by atoms with Crippen LogP contribution in [-0.4, -0.2) is 16.8 Å². The second-order valence-electron chi connectivity index (χ2n) is 6.90. The quantitative estimate of drug-likeness (QED) is 0.522. The molecular formula is C19H24F3NOS2. The minimum Gasteiger partial charge on any atom is -0.372 e. The molecule has 2 aliphatic rings. The number of allylic oxidation sites excluding steroid dienone is 2. The van der Waals surface area contributed by atoms with Crippen LogP contribution in [0.4, 0.5) is 13.2 Å². The van der Waals surface area contributed by atoms with Gasteiger partial charge in [-0.2, -0.15) is 8.78 Å². The van der Waals surface area contributed by atoms with E-state index < -0.39 is 11.9 Å². The smallest absolute Gasteiger partial charge is 0.301 e. The van der Waals surface area contributed by atoms with Gasteiger partial charge in [-0.05, 0) is 43.9 Å². The Morgan fingerprint density at radius 2 is 2.12 bits per heavy atom. The molecule has 144 valence electrons. The Labute approximate surface area is 160 Å². The summed E-state index contributed by atoms with van der Waals surface area (Å²) in [6.07, 6.45) is 7.38. The molecule has 1 saturated carbocycles. The second kappa shape index (κ2) is 9.95. The Balaban J connectivity index is 1.68. The molecule has 0 spiro atoms. The number of hydrogen-bond acceptors (Lipinski definition) is 4. The van der Waals surface area contributed by atoms with Crippen LogP contribution in [0.1, 0.15) is 50.6 Å². The van der Waals surface area contributed by atoms with Crippen LogP contribution in [-0.2, 0) is 11.3 Å². The van der Waals surface area contributed by atoms with Gasteiger partial charge in [0, 0.05) is 17.6 Å². The van der Waals surface area contributed by atoms with Crippen LogP contribution in [0.2, 0.25) is 0 Å². The van der Waals surface area contributed by atoms with Gasteiger partial charge < -0.3 is 4.74 Å². The molecule has 0 N–H and O–H groups in total. The van der Waals surface area contributed by atoms with Crippen molar-refractivity contribution in [2.45, 2.75) is 62.0 Å². The van der Waals surface area contributed by atoms with Crippen LogP contribution >= 0.6 is 23.1 Å². The standard InChI is InChI=1S/C19H24F3NOS2/c20-17(18(21)22)8-7-16-6-2-5-13-3-1-4-14(13)9-10-25-19-23-15(11-24-16)12-26-19/h2,5,12-14,16H,1,3-4,6-11H2/b5-2+/t13?,14-,16?/m1/s1. The average Bonchev–Trinajstić information content (AvgIpc) is 3.25. The monoisotopic (exact) mass is 403 g/mol. The van der Waals surface area contributed by atoms with Gasteiger partial charge in [0.2, 0.25) is 0 Å². The first kappa shape index (κ1) is 20.0. The highest BCUT2D eigenvalue weighted by Crippen LogP contribution is 2.37. The lowest BCUT2D eigenvalue weighted by Gasteiger charge is -2.18. The first-order valence-electron chi connectivity index (χ1n) is 9.17. The lowest BCUT2D eigenvalue weighted by atomic mass is 9.93. The number of ether oxygens (including phenoxy) is 1. The average molecular weight is 404 g/mol. The van der Waals surface area contributed by atoms with Gasteiger partial charge in [0.15, 0.2) is 5.83 Å². The summed E-state index contributed by atoms with van der Waals surface area (Å²) in [6, 6.07) is 0.